The minimum atomic E-state index is -4.31. The van der Waals surface area contributed by atoms with Crippen LogP contribution in [-0.2, 0) is 25.9 Å². The summed E-state index contributed by atoms with van der Waals surface area (Å²) in [7, 11) is -6.14. The Morgan fingerprint density at radius 3 is 1.04 bits per heavy atom. The summed E-state index contributed by atoms with van der Waals surface area (Å²) in [5.41, 5.74) is 7.65. The molecule has 0 amide bonds. The highest BCUT2D eigenvalue weighted by Gasteiger charge is 2.34. The molecule has 4 fully saturated rings. The average molecular weight is 1920 g/mol. The molecule has 12 rings (SSSR count). The van der Waals surface area contributed by atoms with E-state index in [1.165, 1.54) is 156 Å². The molecule has 754 valence electrons. The fraction of sp³-hybridized carbons (Fsp3) is 0.571. The molecular weight excluding hydrogens is 1750 g/mol. The van der Waals surface area contributed by atoms with Crippen molar-refractivity contribution in [3.63, 3.8) is 0 Å². The van der Waals surface area contributed by atoms with Crippen molar-refractivity contribution in [1.29, 1.82) is 0 Å². The molecular formula is C112H167F5N4O12S2. The second-order valence-corrected chi connectivity index (χ2v) is 42.2. The molecule has 4 heterocycles. The number of nitrogens with zero attached hydrogens (tertiary/aromatic N) is 4. The highest BCUT2D eigenvalue weighted by Crippen LogP contribution is 2.38. The molecule has 4 aliphatic rings. The first-order valence-electron chi connectivity index (χ1n) is 49.7. The summed E-state index contributed by atoms with van der Waals surface area (Å²) in [4.78, 5) is 10.6. The van der Waals surface area contributed by atoms with Crippen LogP contribution in [0.2, 0.25) is 0 Å². The number of piperidine rings is 4. The van der Waals surface area contributed by atoms with E-state index in [1.54, 1.807) is 56.3 Å². The molecule has 8 aromatic carbocycles. The molecule has 2 N–H and O–H groups in total. The number of hydrogen-bond acceptors (Lipinski definition) is 16. The van der Waals surface area contributed by atoms with Crippen molar-refractivity contribution < 1.29 is 77.4 Å². The largest absolute Gasteiger partial charge is 0.492 e. The number of benzene rings is 8. The maximum Gasteiger partial charge on any atom is 0.416 e. The minimum absolute atomic E-state index is 0.0691. The third kappa shape index (κ3) is 46.0. The number of aliphatic hydroxyl groups is 2. The van der Waals surface area contributed by atoms with E-state index < -0.39 is 37.8 Å². The summed E-state index contributed by atoms with van der Waals surface area (Å²) < 4.78 is 144. The van der Waals surface area contributed by atoms with E-state index in [0.717, 1.165) is 119 Å². The smallest absolute Gasteiger partial charge is 0.416 e. The lowest BCUT2D eigenvalue weighted by Crippen LogP contribution is -2.33. The van der Waals surface area contributed by atoms with Gasteiger partial charge in [-0.05, 0) is 299 Å². The fourth-order valence-electron chi connectivity index (χ4n) is 15.7. The molecule has 135 heavy (non-hydrogen) atoms. The van der Waals surface area contributed by atoms with E-state index in [1.807, 2.05) is 104 Å². The van der Waals surface area contributed by atoms with Crippen molar-refractivity contribution >= 4 is 19.7 Å². The van der Waals surface area contributed by atoms with Crippen LogP contribution in [0.1, 0.15) is 324 Å². The van der Waals surface area contributed by atoms with Gasteiger partial charge < -0.3 is 38.6 Å². The first-order chi connectivity index (χ1) is 64.1. The van der Waals surface area contributed by atoms with Crippen LogP contribution in [-0.4, -0.2) is 190 Å². The van der Waals surface area contributed by atoms with Gasteiger partial charge in [-0.2, -0.15) is 13.2 Å². The van der Waals surface area contributed by atoms with Gasteiger partial charge in [-0.25, -0.2) is 25.6 Å². The van der Waals surface area contributed by atoms with Gasteiger partial charge >= 0.3 is 6.18 Å². The van der Waals surface area contributed by atoms with Crippen LogP contribution in [0.25, 0.3) is 0 Å². The number of ether oxygens (including phenoxy) is 6. The predicted molar refractivity (Wildman–Crippen MR) is 547 cm³/mol. The van der Waals surface area contributed by atoms with Crippen molar-refractivity contribution in [2.24, 2.45) is 0 Å². The average Bonchev–Trinajstić information content (AvgIpc) is 0.810. The lowest BCUT2D eigenvalue weighted by Gasteiger charge is -2.26. The fourth-order valence-corrected chi connectivity index (χ4v) is 17.4. The molecule has 0 spiro atoms. The van der Waals surface area contributed by atoms with Crippen LogP contribution in [0, 0.1) is 0 Å². The Morgan fingerprint density at radius 1 is 0.319 bits per heavy atom. The van der Waals surface area contributed by atoms with Crippen LogP contribution in [0.4, 0.5) is 22.0 Å². The number of para-hydroxylation sites is 2. The van der Waals surface area contributed by atoms with Crippen molar-refractivity contribution in [3.8, 4) is 34.5 Å². The summed E-state index contributed by atoms with van der Waals surface area (Å²) >= 11 is 0. The molecule has 2 atom stereocenters. The molecule has 8 aromatic rings. The van der Waals surface area contributed by atoms with Crippen molar-refractivity contribution in [1.82, 2.24) is 19.6 Å². The van der Waals surface area contributed by atoms with E-state index >= 15 is 0 Å². The van der Waals surface area contributed by atoms with E-state index in [4.69, 9.17) is 28.4 Å². The van der Waals surface area contributed by atoms with Crippen LogP contribution >= 0.6 is 0 Å². The van der Waals surface area contributed by atoms with Gasteiger partial charge in [-0.15, -0.1) is 0 Å². The lowest BCUT2D eigenvalue weighted by atomic mass is 9.96. The second-order valence-electron chi connectivity index (χ2n) is 38.2. The quantitative estimate of drug-likeness (QED) is 0.0358. The molecule has 2 unspecified atom stereocenters. The molecule has 0 aliphatic carbocycles. The van der Waals surface area contributed by atoms with E-state index in [-0.39, 0.29) is 35.5 Å². The number of sulfone groups is 2. The van der Waals surface area contributed by atoms with Crippen LogP contribution in [0.5, 0.6) is 34.5 Å². The molecule has 4 saturated heterocycles. The van der Waals surface area contributed by atoms with Crippen molar-refractivity contribution in [2.75, 3.05) is 131 Å². The van der Waals surface area contributed by atoms with Gasteiger partial charge in [0, 0.05) is 44.3 Å². The van der Waals surface area contributed by atoms with Crippen LogP contribution in [0.3, 0.4) is 0 Å². The van der Waals surface area contributed by atoms with E-state index in [9.17, 15) is 49.0 Å². The van der Waals surface area contributed by atoms with Gasteiger partial charge in [0.05, 0.1) is 27.6 Å². The van der Waals surface area contributed by atoms with E-state index in [0.29, 0.717) is 88.4 Å². The van der Waals surface area contributed by atoms with Crippen LogP contribution < -0.4 is 28.4 Å². The number of hydrogen-bond donors (Lipinski definition) is 2. The van der Waals surface area contributed by atoms with Gasteiger partial charge in [-0.1, -0.05) is 241 Å². The first-order valence-corrected chi connectivity index (χ1v) is 53.5. The summed E-state index contributed by atoms with van der Waals surface area (Å²) in [5.74, 6) is 7.56. The summed E-state index contributed by atoms with van der Waals surface area (Å²) in [5, 5.41) is 18.8. The Bertz CT molecular complexity index is 4790. The number of halogens is 5. The Kier molecular flexibility index (Phi) is 54.5. The third-order valence-corrected chi connectivity index (χ3v) is 26.5. The Morgan fingerprint density at radius 2 is 0.667 bits per heavy atom. The monoisotopic (exact) mass is 1920 g/mol. The minimum Gasteiger partial charge on any atom is -0.492 e. The molecule has 0 bridgehead atoms. The topological polar surface area (TPSA) is 177 Å². The number of alkyl halides is 5. The number of likely N-dealkylation sites (tertiary alicyclic amines) is 4. The van der Waals surface area contributed by atoms with Crippen molar-refractivity contribution in [3.05, 3.63) is 238 Å². The molecule has 16 nitrogen and oxygen atoms in total. The third-order valence-electron chi connectivity index (χ3n) is 24.2. The highest BCUT2D eigenvalue weighted by molar-refractivity contribution is 7.91. The zero-order valence-corrected chi connectivity index (χ0v) is 86.9. The Labute approximate surface area is 811 Å². The molecule has 0 saturated carbocycles. The predicted octanol–water partition coefficient (Wildman–Crippen LogP) is 27.0. The molecule has 0 radical (unpaired) electrons. The molecule has 0 aromatic heterocycles. The van der Waals surface area contributed by atoms with Gasteiger partial charge in [0.25, 0.3) is 6.43 Å². The van der Waals surface area contributed by atoms with Gasteiger partial charge in [0.2, 0.25) is 0 Å². The summed E-state index contributed by atoms with van der Waals surface area (Å²) in [6.07, 6.45) is 12.2. The van der Waals surface area contributed by atoms with Gasteiger partial charge in [-0.3, -0.25) is 19.6 Å². The zero-order chi connectivity index (χ0) is 99.6. The Balaban J connectivity index is 0.000000274. The second kappa shape index (κ2) is 62.7. The maximum absolute atomic E-state index is 13.0. The first kappa shape index (κ1) is 117. The van der Waals surface area contributed by atoms with Crippen LogP contribution in [0.15, 0.2) is 192 Å². The number of rotatable bonds is 35. The summed E-state index contributed by atoms with van der Waals surface area (Å²) in [6.45, 7) is 53.6. The normalized spacial score (nSPS) is 15.1. The number of aliphatic hydroxyl groups excluding tert-OH is 2. The SMILES string of the molecule is CC(C)c1cc(OCCN2CCCCC2)ccc1C(F)(F)F.CC(C)c1cc(OCCN2CCCCC2)ccc1C(F)F.CC(C)c1cccc(OCCN2CCCCC2)c1.CC(C)c1cccc(S(C)(=O)=O)c1.CC(C)c1ccccc1OCCN1CCCCC1.CC(C)c1ccccc1S(C)(=O)=O.CCC(O)COc1ccc(C(C)C)cc1.CCC(O)COc1ccccc1C(C)C. The molecule has 23 heteroatoms. The highest BCUT2D eigenvalue weighted by atomic mass is 32.2. The van der Waals surface area contributed by atoms with Gasteiger partial charge in [0.1, 0.15) is 74.1 Å². The maximum atomic E-state index is 13.0. The summed E-state index contributed by atoms with van der Waals surface area (Å²) in [6, 6.07) is 56.2. The van der Waals surface area contributed by atoms with Crippen molar-refractivity contribution in [2.45, 2.75) is 296 Å². The molecule has 4 aliphatic heterocycles. The lowest BCUT2D eigenvalue weighted by molar-refractivity contribution is -0.138. The standard InChI is InChI=1S/C17H24F3NO.C17H25F2NO.2C16H25NO.2C13H20O2.2C10H14O2S/c1-13(2)15-12-14(6-7-16(15)17(18,19)20)22-11-10-21-8-4-3-5-9-21;1-13(2)16-12-14(6-7-15(16)17(18)19)21-11-10-20-8-4-3-5-9-20;1-14(2)15-8-4-5-9-16(15)18-13-12-17-10-6-3-7-11-17;1-14(2)15-7-6-8-16(13-15)18-12-11-17-9-4-3-5-10-17;1-4-12(14)9-15-13-7-5-11(6-8-13)10(2)3;1-4-11(14)9-15-13-8-6-5-7-12(13)10(2)3;1-8(2)9-5-4-6-10(7-9)13(3,11)12;1-8(2)9-6-4-5-7-10(9)13(3,11)12/h6-7,12-13H,3-5,8-11H2,1-2H3;6-7,12-13,17H,3-5,8-11H2,1-2H3;4-5,8-9,14H,3,6-7,10-13H2,1-2H3;6-8,13-14H,3-5,9-12H2,1-2H3;5-8,10,12,14H,4,9H2,1-3H3;5-8,10-11,14H,4,9H2,1-3H3;2*4-8H,1-3H3. The zero-order valence-electron chi connectivity index (χ0n) is 85.3. The van der Waals surface area contributed by atoms with Gasteiger partial charge in [0.15, 0.2) is 19.7 Å². The van der Waals surface area contributed by atoms with E-state index in [2.05, 4.69) is 142 Å². The Hall–Kier alpha value is -8.13.